The van der Waals surface area contributed by atoms with Crippen molar-refractivity contribution in [3.05, 3.63) is 60.4 Å². The maximum Gasteiger partial charge on any atom is 0.243 e. The lowest BCUT2D eigenvalue weighted by Crippen LogP contribution is -2.43. The molecule has 6 nitrogen and oxygen atoms in total. The van der Waals surface area contributed by atoms with Gasteiger partial charge in [0.25, 0.3) is 0 Å². The standard InChI is InChI=1S/C19H23N3O3S/c23-19(21-13-9-17-6-4-5-12-20-17)16-10-14-22(15-11-16)26(24,25)18-7-2-1-3-8-18/h1-8,12,16H,9-11,13-15H2,(H,21,23). The topological polar surface area (TPSA) is 79.4 Å². The van der Waals surface area contributed by atoms with Gasteiger partial charge in [0.05, 0.1) is 4.90 Å². The number of rotatable bonds is 6. The Morgan fingerprint density at radius 3 is 2.42 bits per heavy atom. The molecule has 1 amide bonds. The van der Waals surface area contributed by atoms with Crippen molar-refractivity contribution in [2.24, 2.45) is 5.92 Å². The Balaban J connectivity index is 1.48. The number of nitrogens with zero attached hydrogens (tertiary/aromatic N) is 2. The zero-order valence-corrected chi connectivity index (χ0v) is 15.4. The zero-order valence-electron chi connectivity index (χ0n) is 14.5. The summed E-state index contributed by atoms with van der Waals surface area (Å²) < 4.78 is 26.7. The average molecular weight is 373 g/mol. The molecule has 1 aliphatic heterocycles. The van der Waals surface area contributed by atoms with E-state index in [2.05, 4.69) is 10.3 Å². The van der Waals surface area contributed by atoms with Gasteiger partial charge in [0.2, 0.25) is 15.9 Å². The third-order valence-electron chi connectivity index (χ3n) is 4.61. The summed E-state index contributed by atoms with van der Waals surface area (Å²) in [5.41, 5.74) is 0.941. The van der Waals surface area contributed by atoms with Gasteiger partial charge in [-0.1, -0.05) is 24.3 Å². The summed E-state index contributed by atoms with van der Waals surface area (Å²) in [5.74, 6) is -0.140. The van der Waals surface area contributed by atoms with E-state index in [0.29, 0.717) is 43.8 Å². The number of nitrogens with one attached hydrogen (secondary N) is 1. The van der Waals surface area contributed by atoms with Crippen LogP contribution in [0.2, 0.25) is 0 Å². The van der Waals surface area contributed by atoms with Gasteiger partial charge >= 0.3 is 0 Å². The second-order valence-corrected chi connectivity index (χ2v) is 8.29. The van der Waals surface area contributed by atoms with Crippen LogP contribution in [0.4, 0.5) is 0 Å². The van der Waals surface area contributed by atoms with Crippen molar-refractivity contribution < 1.29 is 13.2 Å². The van der Waals surface area contributed by atoms with Crippen molar-refractivity contribution in [1.82, 2.24) is 14.6 Å². The van der Waals surface area contributed by atoms with E-state index >= 15 is 0 Å². The summed E-state index contributed by atoms with van der Waals surface area (Å²) in [4.78, 5) is 16.8. The Morgan fingerprint density at radius 1 is 1.08 bits per heavy atom. The molecule has 0 aliphatic carbocycles. The molecule has 0 radical (unpaired) electrons. The molecule has 1 aromatic carbocycles. The molecule has 2 heterocycles. The van der Waals surface area contributed by atoms with Crippen LogP contribution in [0, 0.1) is 5.92 Å². The van der Waals surface area contributed by atoms with Gasteiger partial charge in [0, 0.05) is 43.9 Å². The molecule has 1 aliphatic rings. The molecule has 0 saturated carbocycles. The van der Waals surface area contributed by atoms with E-state index in [-0.39, 0.29) is 11.8 Å². The Bertz CT molecular complexity index is 818. The summed E-state index contributed by atoms with van der Waals surface area (Å²) in [7, 11) is -3.47. The summed E-state index contributed by atoms with van der Waals surface area (Å²) in [6.07, 6.45) is 3.51. The molecule has 0 unspecified atom stereocenters. The van der Waals surface area contributed by atoms with E-state index in [0.717, 1.165) is 5.69 Å². The number of hydrogen-bond donors (Lipinski definition) is 1. The normalized spacial score (nSPS) is 16.3. The van der Waals surface area contributed by atoms with Crippen LogP contribution in [0.5, 0.6) is 0 Å². The minimum atomic E-state index is -3.47. The first-order valence-electron chi connectivity index (χ1n) is 8.80. The van der Waals surface area contributed by atoms with Gasteiger partial charge in [-0.2, -0.15) is 4.31 Å². The van der Waals surface area contributed by atoms with E-state index in [4.69, 9.17) is 0 Å². The SMILES string of the molecule is O=C(NCCc1ccccn1)C1CCN(S(=O)(=O)c2ccccc2)CC1. The average Bonchev–Trinajstić information content (AvgIpc) is 2.69. The number of carbonyl (C=O) groups is 1. The van der Waals surface area contributed by atoms with E-state index in [9.17, 15) is 13.2 Å². The Hall–Kier alpha value is -2.25. The molecule has 3 rings (SSSR count). The van der Waals surface area contributed by atoms with Crippen LogP contribution in [0.3, 0.4) is 0 Å². The van der Waals surface area contributed by atoms with Gasteiger partial charge in [0.15, 0.2) is 0 Å². The van der Waals surface area contributed by atoms with Gasteiger partial charge in [-0.3, -0.25) is 9.78 Å². The Labute approximate surface area is 154 Å². The van der Waals surface area contributed by atoms with E-state index < -0.39 is 10.0 Å². The second-order valence-electron chi connectivity index (χ2n) is 6.35. The highest BCUT2D eigenvalue weighted by atomic mass is 32.2. The number of pyridine rings is 1. The van der Waals surface area contributed by atoms with Gasteiger partial charge in [-0.05, 0) is 37.1 Å². The van der Waals surface area contributed by atoms with E-state index in [1.165, 1.54) is 4.31 Å². The second kappa shape index (κ2) is 8.42. The molecule has 0 atom stereocenters. The van der Waals surface area contributed by atoms with Gasteiger partial charge < -0.3 is 5.32 Å². The molecule has 0 spiro atoms. The third kappa shape index (κ3) is 4.47. The number of sulfonamides is 1. The van der Waals surface area contributed by atoms with Crippen LogP contribution in [0.1, 0.15) is 18.5 Å². The van der Waals surface area contributed by atoms with E-state index in [1.54, 1.807) is 36.5 Å². The summed E-state index contributed by atoms with van der Waals surface area (Å²) in [6, 6.07) is 14.1. The minimum absolute atomic E-state index is 0.00214. The lowest BCUT2D eigenvalue weighted by molar-refractivity contribution is -0.126. The first-order valence-corrected chi connectivity index (χ1v) is 10.2. The quantitative estimate of drug-likeness (QED) is 0.838. The number of hydrogen-bond acceptors (Lipinski definition) is 4. The number of benzene rings is 1. The van der Waals surface area contributed by atoms with Gasteiger partial charge in [-0.25, -0.2) is 8.42 Å². The molecule has 26 heavy (non-hydrogen) atoms. The summed E-state index contributed by atoms with van der Waals surface area (Å²) in [5, 5.41) is 2.94. The Morgan fingerprint density at radius 2 is 1.77 bits per heavy atom. The van der Waals surface area contributed by atoms with Gasteiger partial charge in [-0.15, -0.1) is 0 Å². The van der Waals surface area contributed by atoms with Gasteiger partial charge in [0.1, 0.15) is 0 Å². The summed E-state index contributed by atoms with van der Waals surface area (Å²) in [6.45, 7) is 1.28. The molecular weight excluding hydrogens is 350 g/mol. The number of piperidine rings is 1. The first-order chi connectivity index (χ1) is 12.6. The maximum atomic E-state index is 12.6. The maximum absolute atomic E-state index is 12.6. The molecule has 1 N–H and O–H groups in total. The smallest absolute Gasteiger partial charge is 0.243 e. The third-order valence-corrected chi connectivity index (χ3v) is 6.53. The van der Waals surface area contributed by atoms with Crippen molar-refractivity contribution in [1.29, 1.82) is 0 Å². The minimum Gasteiger partial charge on any atom is -0.355 e. The highest BCUT2D eigenvalue weighted by molar-refractivity contribution is 7.89. The molecule has 2 aromatic rings. The zero-order chi connectivity index (χ0) is 18.4. The largest absolute Gasteiger partial charge is 0.355 e. The predicted octanol–water partition coefficient (Wildman–Crippen LogP) is 1.84. The van der Waals surface area contributed by atoms with Crippen molar-refractivity contribution in [3.63, 3.8) is 0 Å². The van der Waals surface area contributed by atoms with Crippen LogP contribution >= 0.6 is 0 Å². The van der Waals surface area contributed by atoms with Crippen LogP contribution in [-0.4, -0.2) is 43.2 Å². The fraction of sp³-hybridized carbons (Fsp3) is 0.368. The molecule has 1 aromatic heterocycles. The number of carbonyl (C=O) groups excluding carboxylic acids is 1. The fourth-order valence-electron chi connectivity index (χ4n) is 3.10. The number of amides is 1. The Kier molecular flexibility index (Phi) is 6.00. The van der Waals surface area contributed by atoms with Crippen molar-refractivity contribution in [2.45, 2.75) is 24.2 Å². The van der Waals surface area contributed by atoms with Crippen LogP contribution in [0.15, 0.2) is 59.6 Å². The highest BCUT2D eigenvalue weighted by Crippen LogP contribution is 2.23. The lowest BCUT2D eigenvalue weighted by Gasteiger charge is -2.30. The molecule has 138 valence electrons. The van der Waals surface area contributed by atoms with Crippen LogP contribution < -0.4 is 5.32 Å². The van der Waals surface area contributed by atoms with Crippen LogP contribution in [0.25, 0.3) is 0 Å². The van der Waals surface area contributed by atoms with Crippen molar-refractivity contribution in [2.75, 3.05) is 19.6 Å². The number of aromatic nitrogens is 1. The molecule has 1 saturated heterocycles. The van der Waals surface area contributed by atoms with E-state index in [1.807, 2.05) is 18.2 Å². The molecule has 0 bridgehead atoms. The molecule has 7 heteroatoms. The summed E-state index contributed by atoms with van der Waals surface area (Å²) >= 11 is 0. The fourth-order valence-corrected chi connectivity index (χ4v) is 4.59. The predicted molar refractivity (Wildman–Crippen MR) is 98.9 cm³/mol. The van der Waals surface area contributed by atoms with Crippen molar-refractivity contribution >= 4 is 15.9 Å². The lowest BCUT2D eigenvalue weighted by atomic mass is 9.97. The monoisotopic (exact) mass is 373 g/mol. The molecular formula is C19H23N3O3S. The van der Waals surface area contributed by atoms with Crippen molar-refractivity contribution in [3.8, 4) is 0 Å². The van der Waals surface area contributed by atoms with Crippen LogP contribution in [-0.2, 0) is 21.2 Å². The molecule has 1 fully saturated rings. The highest BCUT2D eigenvalue weighted by Gasteiger charge is 2.31. The first kappa shape index (κ1) is 18.5.